The van der Waals surface area contributed by atoms with Crippen LogP contribution in [0.5, 0.6) is 0 Å². The van der Waals surface area contributed by atoms with Gasteiger partial charge in [-0.05, 0) is 50.1 Å². The van der Waals surface area contributed by atoms with Crippen molar-refractivity contribution in [2.45, 2.75) is 57.7 Å². The molecule has 2 aromatic rings. The number of hydrogen-bond acceptors (Lipinski definition) is 4. The number of carbonyl (C=O) groups excluding carboxylic acids is 2. The largest absolute Gasteiger partial charge is 0.352 e. The van der Waals surface area contributed by atoms with Gasteiger partial charge in [-0.3, -0.25) is 13.9 Å². The highest BCUT2D eigenvalue weighted by molar-refractivity contribution is 7.92. The molecule has 0 aliphatic heterocycles. The lowest BCUT2D eigenvalue weighted by atomic mass is 9.95. The lowest BCUT2D eigenvalue weighted by Crippen LogP contribution is -2.53. The molecule has 1 saturated carbocycles. The van der Waals surface area contributed by atoms with Crippen LogP contribution in [-0.4, -0.2) is 50.0 Å². The predicted octanol–water partition coefficient (Wildman–Crippen LogP) is 4.11. The molecule has 0 spiro atoms. The first-order chi connectivity index (χ1) is 16.6. The molecule has 1 N–H and O–H groups in total. The molecule has 35 heavy (non-hydrogen) atoms. The molecule has 190 valence electrons. The van der Waals surface area contributed by atoms with E-state index in [9.17, 15) is 22.4 Å². The molecule has 7 nitrogen and oxygen atoms in total. The second-order valence-electron chi connectivity index (χ2n) is 8.88. The van der Waals surface area contributed by atoms with Crippen LogP contribution in [0.15, 0.2) is 48.5 Å². The fraction of sp³-hybridized carbons (Fsp3) is 0.440. The van der Waals surface area contributed by atoms with Crippen molar-refractivity contribution in [1.29, 1.82) is 0 Å². The van der Waals surface area contributed by atoms with Crippen LogP contribution in [0.1, 0.15) is 44.6 Å². The molecule has 2 amide bonds. The average molecular weight is 524 g/mol. The summed E-state index contributed by atoms with van der Waals surface area (Å²) in [6, 6.07) is 11.1. The lowest BCUT2D eigenvalue weighted by molar-refractivity contribution is -0.139. The van der Waals surface area contributed by atoms with E-state index in [4.69, 9.17) is 11.6 Å². The summed E-state index contributed by atoms with van der Waals surface area (Å²) in [5.41, 5.74) is 0.492. The Morgan fingerprint density at radius 2 is 1.71 bits per heavy atom. The summed E-state index contributed by atoms with van der Waals surface area (Å²) in [5, 5.41) is 3.42. The molecule has 10 heteroatoms. The fourth-order valence-corrected chi connectivity index (χ4v) is 5.16. The van der Waals surface area contributed by atoms with Crippen LogP contribution >= 0.6 is 11.6 Å². The third-order valence-corrected chi connectivity index (χ3v) is 7.60. The van der Waals surface area contributed by atoms with Crippen LogP contribution in [0.4, 0.5) is 10.1 Å². The van der Waals surface area contributed by atoms with Crippen molar-refractivity contribution in [2.24, 2.45) is 0 Å². The van der Waals surface area contributed by atoms with Crippen LogP contribution in [-0.2, 0) is 26.2 Å². The Morgan fingerprint density at radius 1 is 1.09 bits per heavy atom. The van der Waals surface area contributed by atoms with Crippen LogP contribution in [0, 0.1) is 5.82 Å². The van der Waals surface area contributed by atoms with E-state index in [0.717, 1.165) is 42.7 Å². The minimum Gasteiger partial charge on any atom is -0.352 e. The molecule has 2 aromatic carbocycles. The lowest BCUT2D eigenvalue weighted by Gasteiger charge is -2.33. The number of amides is 2. The highest BCUT2D eigenvalue weighted by atomic mass is 35.5. The molecule has 0 bridgehead atoms. The van der Waals surface area contributed by atoms with Crippen LogP contribution in [0.2, 0.25) is 5.02 Å². The summed E-state index contributed by atoms with van der Waals surface area (Å²) >= 11 is 5.93. The quantitative estimate of drug-likeness (QED) is 0.536. The zero-order valence-corrected chi connectivity index (χ0v) is 21.5. The number of anilines is 1. The third-order valence-electron chi connectivity index (χ3n) is 6.21. The Bertz CT molecular complexity index is 1140. The SMILES string of the molecule is CC(C(=O)NC1CCCCC1)N(Cc1ccccc1F)C(=O)CN(c1ccc(Cl)cc1)S(C)(=O)=O. The standard InChI is InChI=1S/C25H31ClFN3O4S/c1-18(25(32)28-21-9-4-3-5-10-21)29(16-19-8-6-7-11-23(19)27)24(31)17-30(35(2,33)34)22-14-12-20(26)13-15-22/h6-8,11-15,18,21H,3-5,9-10,16-17H2,1-2H3,(H,28,32). The first kappa shape index (κ1) is 26.9. The summed E-state index contributed by atoms with van der Waals surface area (Å²) in [4.78, 5) is 27.8. The zero-order valence-electron chi connectivity index (χ0n) is 19.9. The maximum Gasteiger partial charge on any atom is 0.244 e. The van der Waals surface area contributed by atoms with Gasteiger partial charge in [-0.2, -0.15) is 0 Å². The number of halogens is 2. The molecule has 1 aliphatic rings. The number of nitrogens with zero attached hydrogens (tertiary/aromatic N) is 2. The Kier molecular flexibility index (Phi) is 9.13. The molecule has 1 atom stereocenters. The molecular formula is C25H31ClFN3O4S. The van der Waals surface area contributed by atoms with Crippen molar-refractivity contribution in [3.05, 3.63) is 64.9 Å². The summed E-state index contributed by atoms with van der Waals surface area (Å²) in [6.07, 6.45) is 5.93. The number of rotatable bonds is 9. The van der Waals surface area contributed by atoms with Gasteiger partial charge in [0.25, 0.3) is 0 Å². The van der Waals surface area contributed by atoms with E-state index < -0.39 is 34.3 Å². The summed E-state index contributed by atoms with van der Waals surface area (Å²) in [6.45, 7) is 0.850. The number of hydrogen-bond donors (Lipinski definition) is 1. The molecular weight excluding hydrogens is 493 g/mol. The van der Waals surface area contributed by atoms with Gasteiger partial charge in [0, 0.05) is 23.2 Å². The van der Waals surface area contributed by atoms with E-state index in [1.54, 1.807) is 13.0 Å². The summed E-state index contributed by atoms with van der Waals surface area (Å²) in [7, 11) is -3.84. The molecule has 0 saturated heterocycles. The number of benzene rings is 2. The predicted molar refractivity (Wildman–Crippen MR) is 135 cm³/mol. The highest BCUT2D eigenvalue weighted by Gasteiger charge is 2.31. The van der Waals surface area contributed by atoms with E-state index in [2.05, 4.69) is 5.32 Å². The van der Waals surface area contributed by atoms with Crippen molar-refractivity contribution >= 4 is 39.1 Å². The Morgan fingerprint density at radius 3 is 2.31 bits per heavy atom. The minimum absolute atomic E-state index is 0.0331. The van der Waals surface area contributed by atoms with Gasteiger partial charge in [0.15, 0.2) is 0 Å². The molecule has 1 aliphatic carbocycles. The van der Waals surface area contributed by atoms with Crippen LogP contribution in [0.25, 0.3) is 0 Å². The van der Waals surface area contributed by atoms with E-state index in [1.165, 1.54) is 47.4 Å². The van der Waals surface area contributed by atoms with E-state index in [0.29, 0.717) is 5.02 Å². The normalized spacial score (nSPS) is 15.3. The van der Waals surface area contributed by atoms with Gasteiger partial charge in [-0.1, -0.05) is 49.1 Å². The molecule has 3 rings (SSSR count). The van der Waals surface area contributed by atoms with Gasteiger partial charge < -0.3 is 10.2 Å². The maximum atomic E-state index is 14.4. The topological polar surface area (TPSA) is 86.8 Å². The van der Waals surface area contributed by atoms with Crippen molar-refractivity contribution in [3.8, 4) is 0 Å². The number of carbonyl (C=O) groups is 2. The highest BCUT2D eigenvalue weighted by Crippen LogP contribution is 2.22. The monoisotopic (exact) mass is 523 g/mol. The third kappa shape index (κ3) is 7.41. The average Bonchev–Trinajstić information content (AvgIpc) is 2.82. The van der Waals surface area contributed by atoms with Crippen molar-refractivity contribution in [2.75, 3.05) is 17.1 Å². The van der Waals surface area contributed by atoms with Gasteiger partial charge in [0.05, 0.1) is 11.9 Å². The van der Waals surface area contributed by atoms with Crippen molar-refractivity contribution in [3.63, 3.8) is 0 Å². The van der Waals surface area contributed by atoms with E-state index in [1.807, 2.05) is 0 Å². The molecule has 1 fully saturated rings. The van der Waals surface area contributed by atoms with Gasteiger partial charge in [-0.15, -0.1) is 0 Å². The first-order valence-corrected chi connectivity index (χ1v) is 13.9. The Balaban J connectivity index is 1.87. The summed E-state index contributed by atoms with van der Waals surface area (Å²) < 4.78 is 40.5. The Hall–Kier alpha value is -2.65. The number of nitrogens with one attached hydrogen (secondary N) is 1. The van der Waals surface area contributed by atoms with Gasteiger partial charge in [0.1, 0.15) is 18.4 Å². The summed E-state index contributed by atoms with van der Waals surface area (Å²) in [5.74, 6) is -1.48. The van der Waals surface area contributed by atoms with Crippen LogP contribution < -0.4 is 9.62 Å². The zero-order chi connectivity index (χ0) is 25.6. The fourth-order valence-electron chi connectivity index (χ4n) is 4.18. The molecule has 1 unspecified atom stereocenters. The number of sulfonamides is 1. The van der Waals surface area contributed by atoms with Crippen molar-refractivity contribution in [1.82, 2.24) is 10.2 Å². The smallest absolute Gasteiger partial charge is 0.244 e. The molecule has 0 radical (unpaired) electrons. The maximum absolute atomic E-state index is 14.4. The molecule has 0 heterocycles. The van der Waals surface area contributed by atoms with E-state index in [-0.39, 0.29) is 29.7 Å². The van der Waals surface area contributed by atoms with E-state index >= 15 is 0 Å². The minimum atomic E-state index is -3.84. The van der Waals surface area contributed by atoms with Crippen molar-refractivity contribution < 1.29 is 22.4 Å². The second-order valence-corrected chi connectivity index (χ2v) is 11.2. The van der Waals surface area contributed by atoms with Gasteiger partial charge in [0.2, 0.25) is 21.8 Å². The second kappa shape index (κ2) is 11.9. The van der Waals surface area contributed by atoms with Gasteiger partial charge >= 0.3 is 0 Å². The van der Waals surface area contributed by atoms with Crippen LogP contribution in [0.3, 0.4) is 0 Å². The van der Waals surface area contributed by atoms with Gasteiger partial charge in [-0.25, -0.2) is 12.8 Å². The Labute approximate surface area is 211 Å². The first-order valence-electron chi connectivity index (χ1n) is 11.6. The molecule has 0 aromatic heterocycles.